The smallest absolute Gasteiger partial charge is 0.271 e. The van der Waals surface area contributed by atoms with Crippen molar-refractivity contribution in [2.75, 3.05) is 6.61 Å². The molecular weight excluding hydrogens is 410 g/mol. The first-order valence-electron chi connectivity index (χ1n) is 10.0. The fourth-order valence-electron chi connectivity index (χ4n) is 3.39. The first kappa shape index (κ1) is 20.7. The van der Waals surface area contributed by atoms with Crippen molar-refractivity contribution in [2.24, 2.45) is 5.10 Å². The van der Waals surface area contributed by atoms with Crippen LogP contribution >= 0.6 is 11.6 Å². The van der Waals surface area contributed by atoms with Gasteiger partial charge in [0.15, 0.2) is 0 Å². The lowest BCUT2D eigenvalue weighted by molar-refractivity contribution is 0.0955. The van der Waals surface area contributed by atoms with Gasteiger partial charge in [-0.05, 0) is 55.0 Å². The Morgan fingerprint density at radius 2 is 1.81 bits per heavy atom. The normalized spacial score (nSPS) is 11.2. The highest BCUT2D eigenvalue weighted by atomic mass is 35.5. The SMILES string of the molecule is CCOc1ccc(C(=O)N/N=C/c2cn(Cc3ccc(Cl)cc3)c3ccccc23)cc1. The molecule has 1 amide bonds. The van der Waals surface area contributed by atoms with E-state index in [0.717, 1.165) is 32.8 Å². The largest absolute Gasteiger partial charge is 0.494 e. The molecule has 156 valence electrons. The summed E-state index contributed by atoms with van der Waals surface area (Å²) >= 11 is 6.00. The highest BCUT2D eigenvalue weighted by Crippen LogP contribution is 2.22. The number of para-hydroxylation sites is 1. The standard InChI is InChI=1S/C25H22ClN3O2/c1-2-31-22-13-9-19(10-14-22)25(30)28-27-15-20-17-29(24-6-4-3-5-23(20)24)16-18-7-11-21(26)12-8-18/h3-15,17H,2,16H2,1H3,(H,28,30)/b27-15+. The first-order valence-corrected chi connectivity index (χ1v) is 10.4. The summed E-state index contributed by atoms with van der Waals surface area (Å²) in [5.74, 6) is 0.459. The molecule has 0 atom stereocenters. The van der Waals surface area contributed by atoms with Crippen LogP contribution in [0.25, 0.3) is 10.9 Å². The Kier molecular flexibility index (Phi) is 6.34. The molecule has 1 heterocycles. The highest BCUT2D eigenvalue weighted by molar-refractivity contribution is 6.30. The summed E-state index contributed by atoms with van der Waals surface area (Å²) in [7, 11) is 0. The van der Waals surface area contributed by atoms with Crippen LogP contribution in [0.1, 0.15) is 28.4 Å². The Morgan fingerprint density at radius 3 is 2.55 bits per heavy atom. The number of hydrogen-bond acceptors (Lipinski definition) is 3. The monoisotopic (exact) mass is 431 g/mol. The fourth-order valence-corrected chi connectivity index (χ4v) is 3.52. The number of carbonyl (C=O) groups excluding carboxylic acids is 1. The lowest BCUT2D eigenvalue weighted by Crippen LogP contribution is -2.17. The molecule has 31 heavy (non-hydrogen) atoms. The molecule has 3 aromatic carbocycles. The minimum atomic E-state index is -0.274. The van der Waals surface area contributed by atoms with Crippen molar-refractivity contribution in [1.29, 1.82) is 0 Å². The number of carbonyl (C=O) groups is 1. The summed E-state index contributed by atoms with van der Waals surface area (Å²) in [6.07, 6.45) is 3.71. The molecule has 1 N–H and O–H groups in total. The van der Waals surface area contributed by atoms with Gasteiger partial charge in [0.25, 0.3) is 5.91 Å². The van der Waals surface area contributed by atoms with Crippen molar-refractivity contribution in [1.82, 2.24) is 9.99 Å². The molecule has 0 bridgehead atoms. The molecule has 0 spiro atoms. The van der Waals surface area contributed by atoms with Gasteiger partial charge in [0.2, 0.25) is 0 Å². The lowest BCUT2D eigenvalue weighted by Gasteiger charge is -2.05. The molecule has 0 fully saturated rings. The average Bonchev–Trinajstić information content (AvgIpc) is 3.13. The van der Waals surface area contributed by atoms with Gasteiger partial charge in [-0.3, -0.25) is 4.79 Å². The first-order chi connectivity index (χ1) is 15.1. The number of aromatic nitrogens is 1. The lowest BCUT2D eigenvalue weighted by atomic mass is 10.2. The van der Waals surface area contributed by atoms with Crippen molar-refractivity contribution in [3.63, 3.8) is 0 Å². The zero-order valence-corrected chi connectivity index (χ0v) is 17.8. The van der Waals surface area contributed by atoms with Crippen LogP contribution in [-0.4, -0.2) is 23.3 Å². The number of rotatable bonds is 7. The second-order valence-electron chi connectivity index (χ2n) is 7.01. The van der Waals surface area contributed by atoms with E-state index < -0.39 is 0 Å². The van der Waals surface area contributed by atoms with Crippen LogP contribution in [0, 0.1) is 0 Å². The maximum Gasteiger partial charge on any atom is 0.271 e. The number of amides is 1. The zero-order valence-electron chi connectivity index (χ0n) is 17.1. The predicted octanol–water partition coefficient (Wildman–Crippen LogP) is 5.51. The Bertz CT molecular complexity index is 1210. The molecule has 0 aliphatic heterocycles. The van der Waals surface area contributed by atoms with E-state index in [1.54, 1.807) is 30.5 Å². The third-order valence-electron chi connectivity index (χ3n) is 4.88. The summed E-state index contributed by atoms with van der Waals surface area (Å²) in [6, 6.07) is 22.9. The van der Waals surface area contributed by atoms with Gasteiger partial charge in [0, 0.05) is 39.8 Å². The van der Waals surface area contributed by atoms with Crippen LogP contribution in [0.15, 0.2) is 84.1 Å². The minimum absolute atomic E-state index is 0.274. The maximum atomic E-state index is 12.4. The molecule has 0 unspecified atom stereocenters. The number of hydrazone groups is 1. The number of ether oxygens (including phenoxy) is 1. The molecule has 1 aromatic heterocycles. The predicted molar refractivity (Wildman–Crippen MR) is 125 cm³/mol. The zero-order chi connectivity index (χ0) is 21.6. The van der Waals surface area contributed by atoms with Gasteiger partial charge in [0.1, 0.15) is 5.75 Å². The second kappa shape index (κ2) is 9.49. The van der Waals surface area contributed by atoms with Crippen LogP contribution < -0.4 is 10.2 Å². The van der Waals surface area contributed by atoms with Gasteiger partial charge in [-0.25, -0.2) is 5.43 Å². The number of halogens is 1. The third kappa shape index (κ3) is 4.95. The minimum Gasteiger partial charge on any atom is -0.494 e. The van der Waals surface area contributed by atoms with E-state index in [-0.39, 0.29) is 5.91 Å². The molecule has 4 rings (SSSR count). The molecular formula is C25H22ClN3O2. The van der Waals surface area contributed by atoms with Gasteiger partial charge < -0.3 is 9.30 Å². The topological polar surface area (TPSA) is 55.6 Å². The summed E-state index contributed by atoms with van der Waals surface area (Å²) in [5.41, 5.74) is 6.29. The van der Waals surface area contributed by atoms with Crippen LogP contribution in [0.2, 0.25) is 5.02 Å². The Hall–Kier alpha value is -3.57. The molecule has 0 aliphatic carbocycles. The van der Waals surface area contributed by atoms with Crippen LogP contribution in [0.3, 0.4) is 0 Å². The summed E-state index contributed by atoms with van der Waals surface area (Å²) < 4.78 is 7.56. The molecule has 0 saturated heterocycles. The van der Waals surface area contributed by atoms with Crippen LogP contribution in [-0.2, 0) is 6.54 Å². The van der Waals surface area contributed by atoms with E-state index >= 15 is 0 Å². The summed E-state index contributed by atoms with van der Waals surface area (Å²) in [5, 5.41) is 5.96. The van der Waals surface area contributed by atoms with Gasteiger partial charge in [-0.1, -0.05) is 41.9 Å². The van der Waals surface area contributed by atoms with Crippen LogP contribution in [0.4, 0.5) is 0 Å². The van der Waals surface area contributed by atoms with E-state index in [1.165, 1.54) is 0 Å². The Labute approximate surface area is 185 Å². The van der Waals surface area contributed by atoms with Crippen molar-refractivity contribution < 1.29 is 9.53 Å². The van der Waals surface area contributed by atoms with Crippen molar-refractivity contribution in [2.45, 2.75) is 13.5 Å². The van der Waals surface area contributed by atoms with Crippen molar-refractivity contribution >= 4 is 34.6 Å². The number of benzene rings is 3. The molecule has 0 aliphatic rings. The summed E-state index contributed by atoms with van der Waals surface area (Å²) in [6.45, 7) is 3.22. The van der Waals surface area contributed by atoms with Gasteiger partial charge >= 0.3 is 0 Å². The molecule has 6 heteroatoms. The summed E-state index contributed by atoms with van der Waals surface area (Å²) in [4.78, 5) is 12.4. The van der Waals surface area contributed by atoms with E-state index in [4.69, 9.17) is 16.3 Å². The molecule has 0 saturated carbocycles. The van der Waals surface area contributed by atoms with Crippen molar-refractivity contribution in [3.8, 4) is 5.75 Å². The second-order valence-corrected chi connectivity index (χ2v) is 7.45. The van der Waals surface area contributed by atoms with Crippen LogP contribution in [0.5, 0.6) is 5.75 Å². The number of nitrogens with zero attached hydrogens (tertiary/aromatic N) is 2. The van der Waals surface area contributed by atoms with Gasteiger partial charge in [0.05, 0.1) is 12.8 Å². The fraction of sp³-hybridized carbons (Fsp3) is 0.120. The van der Waals surface area contributed by atoms with Gasteiger partial charge in [-0.15, -0.1) is 0 Å². The average molecular weight is 432 g/mol. The Balaban J connectivity index is 1.50. The number of fused-ring (bicyclic) bond motifs is 1. The van der Waals surface area contributed by atoms with Gasteiger partial charge in [-0.2, -0.15) is 5.10 Å². The van der Waals surface area contributed by atoms with E-state index in [0.29, 0.717) is 18.7 Å². The van der Waals surface area contributed by atoms with E-state index in [1.807, 2.05) is 55.6 Å². The molecule has 4 aromatic rings. The Morgan fingerprint density at radius 1 is 1.06 bits per heavy atom. The molecule has 0 radical (unpaired) electrons. The third-order valence-corrected chi connectivity index (χ3v) is 5.13. The van der Waals surface area contributed by atoms with Crippen molar-refractivity contribution in [3.05, 3.63) is 101 Å². The van der Waals surface area contributed by atoms with E-state index in [9.17, 15) is 4.79 Å². The van der Waals surface area contributed by atoms with E-state index in [2.05, 4.69) is 21.2 Å². The highest BCUT2D eigenvalue weighted by Gasteiger charge is 2.08. The number of hydrogen-bond donors (Lipinski definition) is 1. The molecule has 5 nitrogen and oxygen atoms in total. The quantitative estimate of drug-likeness (QED) is 0.310. The number of nitrogens with one attached hydrogen (secondary N) is 1. The maximum absolute atomic E-state index is 12.4.